The lowest BCUT2D eigenvalue weighted by atomic mass is 9.91. The van der Waals surface area contributed by atoms with E-state index in [2.05, 4.69) is 31.7 Å². The van der Waals surface area contributed by atoms with E-state index in [9.17, 15) is 0 Å². The first-order chi connectivity index (χ1) is 6.22. The zero-order chi connectivity index (χ0) is 9.42. The van der Waals surface area contributed by atoms with Crippen LogP contribution < -0.4 is 0 Å². The maximum absolute atomic E-state index is 2.65. The monoisotopic (exact) mass is 179 g/mol. The largest absolute Gasteiger partial charge is 0.300 e. The second kappa shape index (κ2) is 3.45. The highest BCUT2D eigenvalue weighted by Crippen LogP contribution is 2.41. The molecule has 1 aliphatic heterocycles. The average molecular weight is 179 g/mol. The average Bonchev–Trinajstić information content (AvgIpc) is 2.34. The molecule has 1 aliphatic carbocycles. The van der Waals surface area contributed by atoms with Crippen LogP contribution in [0.3, 0.4) is 0 Å². The Hall–Kier alpha value is -0.300. The van der Waals surface area contributed by atoms with Crippen molar-refractivity contribution in [3.05, 3.63) is 11.6 Å². The second-order valence-corrected chi connectivity index (χ2v) is 4.81. The summed E-state index contributed by atoms with van der Waals surface area (Å²) >= 11 is 0. The molecule has 0 amide bonds. The van der Waals surface area contributed by atoms with Gasteiger partial charge in [0, 0.05) is 19.1 Å². The predicted molar refractivity (Wildman–Crippen MR) is 56.7 cm³/mol. The maximum Gasteiger partial charge on any atom is 0.00501 e. The van der Waals surface area contributed by atoms with E-state index in [4.69, 9.17) is 0 Å². The molecule has 13 heavy (non-hydrogen) atoms. The fourth-order valence-electron chi connectivity index (χ4n) is 3.00. The summed E-state index contributed by atoms with van der Waals surface area (Å²) in [4.78, 5) is 2.65. The zero-order valence-corrected chi connectivity index (χ0v) is 9.09. The first-order valence-electron chi connectivity index (χ1n) is 5.62. The van der Waals surface area contributed by atoms with E-state index in [0.717, 1.165) is 17.9 Å². The number of piperidine rings is 1. The molecule has 1 saturated carbocycles. The van der Waals surface area contributed by atoms with Gasteiger partial charge in [0.1, 0.15) is 0 Å². The molecule has 0 spiro atoms. The highest BCUT2D eigenvalue weighted by atomic mass is 15.2. The van der Waals surface area contributed by atoms with E-state index in [1.165, 1.54) is 25.9 Å². The molecule has 1 heteroatoms. The zero-order valence-electron chi connectivity index (χ0n) is 9.09. The normalized spacial score (nSPS) is 34.3. The van der Waals surface area contributed by atoms with Crippen molar-refractivity contribution < 1.29 is 0 Å². The van der Waals surface area contributed by atoms with Gasteiger partial charge in [-0.15, -0.1) is 0 Å². The Morgan fingerprint density at radius 1 is 1.23 bits per heavy atom. The standard InChI is InChI=1S/C12H21N/c1-4-12-10-5-6-11(12)8-13(7-10)9(2)3/h4,9-11H,5-8H2,1-3H3. The minimum atomic E-state index is 0.738. The smallest absolute Gasteiger partial charge is 0.00501 e. The number of nitrogens with zero attached hydrogens (tertiary/aromatic N) is 1. The number of fused-ring (bicyclic) bond motifs is 2. The van der Waals surface area contributed by atoms with Gasteiger partial charge in [0.05, 0.1) is 0 Å². The third-order valence-electron chi connectivity index (χ3n) is 3.78. The molecule has 1 nitrogen and oxygen atoms in total. The number of rotatable bonds is 1. The van der Waals surface area contributed by atoms with Crippen LogP contribution in [0.2, 0.25) is 0 Å². The topological polar surface area (TPSA) is 3.24 Å². The van der Waals surface area contributed by atoms with Gasteiger partial charge in [0.25, 0.3) is 0 Å². The van der Waals surface area contributed by atoms with Crippen LogP contribution in [-0.4, -0.2) is 24.0 Å². The molecular weight excluding hydrogens is 158 g/mol. The predicted octanol–water partition coefficient (Wildman–Crippen LogP) is 2.68. The Kier molecular flexibility index (Phi) is 2.46. The Labute approximate surface area is 81.8 Å². The van der Waals surface area contributed by atoms with E-state index < -0.39 is 0 Å². The van der Waals surface area contributed by atoms with Gasteiger partial charge in [-0.2, -0.15) is 0 Å². The number of hydrogen-bond donors (Lipinski definition) is 0. The summed E-state index contributed by atoms with van der Waals surface area (Å²) in [7, 11) is 0. The number of allylic oxidation sites excluding steroid dienone is 1. The molecule has 2 rings (SSSR count). The van der Waals surface area contributed by atoms with Gasteiger partial charge in [-0.25, -0.2) is 0 Å². The van der Waals surface area contributed by atoms with E-state index in [1.807, 2.05) is 0 Å². The first-order valence-corrected chi connectivity index (χ1v) is 5.62. The number of likely N-dealkylation sites (tertiary alicyclic amines) is 1. The van der Waals surface area contributed by atoms with E-state index >= 15 is 0 Å². The van der Waals surface area contributed by atoms with Crippen LogP contribution in [0.5, 0.6) is 0 Å². The van der Waals surface area contributed by atoms with Crippen LogP contribution in [0, 0.1) is 11.8 Å². The molecular formula is C12H21N. The molecule has 2 fully saturated rings. The van der Waals surface area contributed by atoms with Gasteiger partial charge in [-0.1, -0.05) is 11.6 Å². The van der Waals surface area contributed by atoms with Gasteiger partial charge in [0.2, 0.25) is 0 Å². The van der Waals surface area contributed by atoms with E-state index in [1.54, 1.807) is 5.57 Å². The van der Waals surface area contributed by atoms with Gasteiger partial charge in [-0.05, 0) is 45.4 Å². The fraction of sp³-hybridized carbons (Fsp3) is 0.833. The lowest BCUT2D eigenvalue weighted by Gasteiger charge is -2.36. The molecule has 2 bridgehead atoms. The summed E-state index contributed by atoms with van der Waals surface area (Å²) in [5, 5.41) is 0. The van der Waals surface area contributed by atoms with E-state index in [-0.39, 0.29) is 0 Å². The second-order valence-electron chi connectivity index (χ2n) is 4.81. The minimum Gasteiger partial charge on any atom is -0.300 e. The molecule has 2 aliphatic rings. The van der Waals surface area contributed by atoms with Crippen LogP contribution in [0.1, 0.15) is 33.6 Å². The van der Waals surface area contributed by atoms with Crippen molar-refractivity contribution in [2.45, 2.75) is 39.7 Å². The number of hydrogen-bond acceptors (Lipinski definition) is 1. The van der Waals surface area contributed by atoms with Crippen molar-refractivity contribution in [1.82, 2.24) is 4.90 Å². The van der Waals surface area contributed by atoms with Crippen LogP contribution in [0.25, 0.3) is 0 Å². The van der Waals surface area contributed by atoms with Gasteiger partial charge in [-0.3, -0.25) is 4.90 Å². The lowest BCUT2D eigenvalue weighted by Crippen LogP contribution is -2.41. The molecule has 1 heterocycles. The van der Waals surface area contributed by atoms with Gasteiger partial charge in [0.15, 0.2) is 0 Å². The third kappa shape index (κ3) is 1.54. The minimum absolute atomic E-state index is 0.738. The van der Waals surface area contributed by atoms with Gasteiger partial charge < -0.3 is 0 Å². The SMILES string of the molecule is CC=C1C2CCC1CN(C(C)C)C2. The van der Waals surface area contributed by atoms with Crippen molar-refractivity contribution in [3.63, 3.8) is 0 Å². The highest BCUT2D eigenvalue weighted by molar-refractivity contribution is 5.19. The third-order valence-corrected chi connectivity index (χ3v) is 3.78. The summed E-state index contributed by atoms with van der Waals surface area (Å²) in [6.07, 6.45) is 5.25. The Balaban J connectivity index is 2.10. The molecule has 74 valence electrons. The molecule has 0 aromatic rings. The molecule has 1 saturated heterocycles. The first kappa shape index (κ1) is 9.26. The van der Waals surface area contributed by atoms with Gasteiger partial charge >= 0.3 is 0 Å². The quantitative estimate of drug-likeness (QED) is 0.559. The summed E-state index contributed by atoms with van der Waals surface area (Å²) in [5.41, 5.74) is 1.76. The summed E-state index contributed by atoms with van der Waals surface area (Å²) < 4.78 is 0. The van der Waals surface area contributed by atoms with Crippen LogP contribution in [0.4, 0.5) is 0 Å². The molecule has 2 unspecified atom stereocenters. The van der Waals surface area contributed by atoms with Crippen molar-refractivity contribution in [3.8, 4) is 0 Å². The van der Waals surface area contributed by atoms with Crippen molar-refractivity contribution in [2.24, 2.45) is 11.8 Å². The molecule has 2 atom stereocenters. The molecule has 0 aromatic carbocycles. The van der Waals surface area contributed by atoms with Crippen molar-refractivity contribution in [2.75, 3.05) is 13.1 Å². The van der Waals surface area contributed by atoms with Crippen LogP contribution in [-0.2, 0) is 0 Å². The Morgan fingerprint density at radius 3 is 2.15 bits per heavy atom. The highest BCUT2D eigenvalue weighted by Gasteiger charge is 2.37. The lowest BCUT2D eigenvalue weighted by molar-refractivity contribution is 0.167. The summed E-state index contributed by atoms with van der Waals surface area (Å²) in [6, 6.07) is 0.738. The maximum atomic E-state index is 2.65. The Morgan fingerprint density at radius 2 is 1.77 bits per heavy atom. The Bertz CT molecular complexity index is 201. The molecule has 0 aromatic heterocycles. The van der Waals surface area contributed by atoms with Crippen LogP contribution in [0.15, 0.2) is 11.6 Å². The molecule has 0 radical (unpaired) electrons. The molecule has 0 N–H and O–H groups in total. The summed E-state index contributed by atoms with van der Waals surface area (Å²) in [6.45, 7) is 9.48. The fourth-order valence-corrected chi connectivity index (χ4v) is 3.00. The van der Waals surface area contributed by atoms with E-state index in [0.29, 0.717) is 0 Å². The van der Waals surface area contributed by atoms with Crippen LogP contribution >= 0.6 is 0 Å². The summed E-state index contributed by atoms with van der Waals surface area (Å²) in [5.74, 6) is 1.79. The van der Waals surface area contributed by atoms with Crippen molar-refractivity contribution >= 4 is 0 Å². The van der Waals surface area contributed by atoms with Crippen molar-refractivity contribution in [1.29, 1.82) is 0 Å².